The first-order valence-corrected chi connectivity index (χ1v) is 7.37. The number of imidazole rings is 1. The van der Waals surface area contributed by atoms with E-state index in [1.54, 1.807) is 23.7 Å². The summed E-state index contributed by atoms with van der Waals surface area (Å²) in [4.78, 5) is 20.8. The van der Waals surface area contributed by atoms with Gasteiger partial charge in [-0.3, -0.25) is 4.79 Å². The van der Waals surface area contributed by atoms with Gasteiger partial charge in [0.1, 0.15) is 5.52 Å². The SMILES string of the molecule is C[C@@H](Cc1cccs1)NC(=O)c1cccc2[nH]cnc12. The molecule has 0 spiro atoms. The standard InChI is InChI=1S/C15H15N3OS/c1-10(8-11-4-3-7-20-11)18-15(19)12-5-2-6-13-14(12)17-9-16-13/h2-7,9-10H,8H2,1H3,(H,16,17)(H,18,19)/t10-/m0/s1. The number of carbonyl (C=O) groups excluding carboxylic acids is 1. The number of nitrogens with zero attached hydrogens (tertiary/aromatic N) is 1. The molecule has 1 atom stereocenters. The van der Waals surface area contributed by atoms with Crippen LogP contribution in [0.5, 0.6) is 0 Å². The van der Waals surface area contributed by atoms with E-state index in [4.69, 9.17) is 0 Å². The van der Waals surface area contributed by atoms with Gasteiger partial charge in [0.05, 0.1) is 17.4 Å². The minimum Gasteiger partial charge on any atom is -0.349 e. The van der Waals surface area contributed by atoms with Crippen LogP contribution in [0.15, 0.2) is 42.0 Å². The average molecular weight is 285 g/mol. The zero-order valence-electron chi connectivity index (χ0n) is 11.1. The summed E-state index contributed by atoms with van der Waals surface area (Å²) < 4.78 is 0. The molecular formula is C15H15N3OS. The Morgan fingerprint density at radius 1 is 1.40 bits per heavy atom. The highest BCUT2D eigenvalue weighted by molar-refractivity contribution is 7.09. The molecule has 1 amide bonds. The fourth-order valence-electron chi connectivity index (χ4n) is 2.23. The summed E-state index contributed by atoms with van der Waals surface area (Å²) >= 11 is 1.71. The Hall–Kier alpha value is -2.14. The predicted molar refractivity (Wildman–Crippen MR) is 81.0 cm³/mol. The fourth-order valence-corrected chi connectivity index (χ4v) is 3.07. The number of fused-ring (bicyclic) bond motifs is 1. The quantitative estimate of drug-likeness (QED) is 0.774. The van der Waals surface area contributed by atoms with E-state index in [0.29, 0.717) is 11.1 Å². The maximum Gasteiger partial charge on any atom is 0.253 e. The highest BCUT2D eigenvalue weighted by Crippen LogP contribution is 2.15. The second kappa shape index (κ2) is 5.46. The van der Waals surface area contributed by atoms with Crippen molar-refractivity contribution in [2.75, 3.05) is 0 Å². The van der Waals surface area contributed by atoms with Crippen LogP contribution in [0.3, 0.4) is 0 Å². The van der Waals surface area contributed by atoms with E-state index in [-0.39, 0.29) is 11.9 Å². The van der Waals surface area contributed by atoms with Crippen molar-refractivity contribution in [1.29, 1.82) is 0 Å². The number of nitrogens with one attached hydrogen (secondary N) is 2. The number of para-hydroxylation sites is 1. The Labute approximate surface area is 120 Å². The normalized spacial score (nSPS) is 12.4. The van der Waals surface area contributed by atoms with E-state index in [2.05, 4.69) is 21.4 Å². The molecule has 2 heterocycles. The lowest BCUT2D eigenvalue weighted by Gasteiger charge is -2.13. The van der Waals surface area contributed by atoms with Crippen molar-refractivity contribution in [1.82, 2.24) is 15.3 Å². The van der Waals surface area contributed by atoms with Gasteiger partial charge in [-0.15, -0.1) is 11.3 Å². The minimum atomic E-state index is -0.0771. The molecule has 0 fully saturated rings. The van der Waals surface area contributed by atoms with Crippen molar-refractivity contribution in [3.05, 3.63) is 52.5 Å². The number of aromatic amines is 1. The monoisotopic (exact) mass is 285 g/mol. The van der Waals surface area contributed by atoms with E-state index in [0.717, 1.165) is 11.9 Å². The first-order valence-electron chi connectivity index (χ1n) is 6.49. The van der Waals surface area contributed by atoms with Crippen molar-refractivity contribution in [3.63, 3.8) is 0 Å². The van der Waals surface area contributed by atoms with Crippen LogP contribution in [0.25, 0.3) is 11.0 Å². The largest absolute Gasteiger partial charge is 0.349 e. The minimum absolute atomic E-state index is 0.0771. The van der Waals surface area contributed by atoms with Gasteiger partial charge in [-0.05, 0) is 30.5 Å². The molecule has 0 unspecified atom stereocenters. The molecule has 4 nitrogen and oxygen atoms in total. The summed E-state index contributed by atoms with van der Waals surface area (Å²) in [6.45, 7) is 2.02. The zero-order valence-corrected chi connectivity index (χ0v) is 11.9. The summed E-state index contributed by atoms with van der Waals surface area (Å²) in [5, 5.41) is 5.08. The van der Waals surface area contributed by atoms with Crippen LogP contribution in [-0.2, 0) is 6.42 Å². The number of benzene rings is 1. The van der Waals surface area contributed by atoms with Gasteiger partial charge in [-0.1, -0.05) is 12.1 Å². The van der Waals surface area contributed by atoms with Gasteiger partial charge in [-0.25, -0.2) is 4.98 Å². The summed E-state index contributed by atoms with van der Waals surface area (Å²) in [6, 6.07) is 9.78. The molecule has 0 bridgehead atoms. The van der Waals surface area contributed by atoms with E-state index in [9.17, 15) is 4.79 Å². The molecule has 0 aliphatic rings. The number of aromatic nitrogens is 2. The molecule has 0 aliphatic heterocycles. The van der Waals surface area contributed by atoms with Crippen molar-refractivity contribution < 1.29 is 4.79 Å². The highest BCUT2D eigenvalue weighted by atomic mass is 32.1. The Bertz CT molecular complexity index is 718. The lowest BCUT2D eigenvalue weighted by molar-refractivity contribution is 0.0941. The molecule has 0 saturated carbocycles. The molecule has 5 heteroatoms. The lowest BCUT2D eigenvalue weighted by Crippen LogP contribution is -2.34. The number of hydrogen-bond acceptors (Lipinski definition) is 3. The van der Waals surface area contributed by atoms with Crippen LogP contribution in [0.2, 0.25) is 0 Å². The Morgan fingerprint density at radius 3 is 3.10 bits per heavy atom. The molecular weight excluding hydrogens is 270 g/mol. The van der Waals surface area contributed by atoms with Crippen molar-refractivity contribution >= 4 is 28.3 Å². The van der Waals surface area contributed by atoms with Crippen LogP contribution < -0.4 is 5.32 Å². The Balaban J connectivity index is 1.74. The first kappa shape index (κ1) is 12.9. The van der Waals surface area contributed by atoms with E-state index in [1.165, 1.54) is 4.88 Å². The number of H-pyrrole nitrogens is 1. The molecule has 0 aliphatic carbocycles. The third kappa shape index (κ3) is 2.58. The molecule has 3 aromatic rings. The number of thiophene rings is 1. The maximum atomic E-state index is 12.3. The second-order valence-corrected chi connectivity index (χ2v) is 5.79. The van der Waals surface area contributed by atoms with Gasteiger partial charge >= 0.3 is 0 Å². The molecule has 0 saturated heterocycles. The summed E-state index contributed by atoms with van der Waals surface area (Å²) in [5.41, 5.74) is 2.21. The van der Waals surface area contributed by atoms with Crippen LogP contribution in [0.1, 0.15) is 22.2 Å². The van der Waals surface area contributed by atoms with Crippen molar-refractivity contribution in [2.24, 2.45) is 0 Å². The van der Waals surface area contributed by atoms with Gasteiger partial charge in [0.15, 0.2) is 0 Å². The third-order valence-corrected chi connectivity index (χ3v) is 4.06. The van der Waals surface area contributed by atoms with Gasteiger partial charge in [0.25, 0.3) is 5.91 Å². The smallest absolute Gasteiger partial charge is 0.253 e. The van der Waals surface area contributed by atoms with Gasteiger partial charge in [-0.2, -0.15) is 0 Å². The predicted octanol–water partition coefficient (Wildman–Crippen LogP) is 2.99. The third-order valence-electron chi connectivity index (χ3n) is 3.16. The molecule has 0 radical (unpaired) electrons. The van der Waals surface area contributed by atoms with Crippen LogP contribution in [-0.4, -0.2) is 21.9 Å². The lowest BCUT2D eigenvalue weighted by atomic mass is 10.1. The maximum absolute atomic E-state index is 12.3. The average Bonchev–Trinajstić information content (AvgIpc) is 3.08. The second-order valence-electron chi connectivity index (χ2n) is 4.76. The molecule has 2 N–H and O–H groups in total. The number of carbonyl (C=O) groups is 1. The van der Waals surface area contributed by atoms with E-state index < -0.39 is 0 Å². The summed E-state index contributed by atoms with van der Waals surface area (Å²) in [5.74, 6) is -0.0771. The van der Waals surface area contributed by atoms with Crippen LogP contribution in [0, 0.1) is 0 Å². The number of rotatable bonds is 4. The fraction of sp³-hybridized carbons (Fsp3) is 0.200. The number of hydrogen-bond donors (Lipinski definition) is 2. The van der Waals surface area contributed by atoms with Gasteiger partial charge < -0.3 is 10.3 Å². The zero-order chi connectivity index (χ0) is 13.9. The number of amides is 1. The van der Waals surface area contributed by atoms with Gasteiger partial charge in [0.2, 0.25) is 0 Å². The topological polar surface area (TPSA) is 57.8 Å². The van der Waals surface area contributed by atoms with Crippen molar-refractivity contribution in [2.45, 2.75) is 19.4 Å². The first-order chi connectivity index (χ1) is 9.74. The highest BCUT2D eigenvalue weighted by Gasteiger charge is 2.14. The van der Waals surface area contributed by atoms with Crippen LogP contribution in [0.4, 0.5) is 0 Å². The Morgan fingerprint density at radius 2 is 2.30 bits per heavy atom. The Kier molecular flexibility index (Phi) is 3.52. The molecule has 1 aromatic carbocycles. The molecule has 3 rings (SSSR count). The molecule has 2 aromatic heterocycles. The molecule has 102 valence electrons. The van der Waals surface area contributed by atoms with E-state index >= 15 is 0 Å². The van der Waals surface area contributed by atoms with Crippen LogP contribution >= 0.6 is 11.3 Å². The van der Waals surface area contributed by atoms with E-state index in [1.807, 2.05) is 30.5 Å². The van der Waals surface area contributed by atoms with Crippen molar-refractivity contribution in [3.8, 4) is 0 Å². The summed E-state index contributed by atoms with van der Waals surface area (Å²) in [7, 11) is 0. The summed E-state index contributed by atoms with van der Waals surface area (Å²) in [6.07, 6.45) is 2.45. The van der Waals surface area contributed by atoms with Gasteiger partial charge in [0, 0.05) is 17.3 Å². The molecule has 20 heavy (non-hydrogen) atoms.